The first-order chi connectivity index (χ1) is 22.0. The molecule has 0 radical (unpaired) electrons. The van der Waals surface area contributed by atoms with E-state index in [2.05, 4.69) is 28.4 Å². The highest BCUT2D eigenvalue weighted by molar-refractivity contribution is 5.91. The minimum Gasteiger partial charge on any atom is -0.497 e. The van der Waals surface area contributed by atoms with E-state index >= 15 is 0 Å². The number of carbonyl (C=O) groups excluding carboxylic acids is 3. The number of fused-ring (bicyclic) bond motifs is 2. The zero-order valence-corrected chi connectivity index (χ0v) is 27.5. The van der Waals surface area contributed by atoms with Gasteiger partial charge in [0.15, 0.2) is 0 Å². The van der Waals surface area contributed by atoms with E-state index in [1.165, 1.54) is 18.4 Å². The van der Waals surface area contributed by atoms with Gasteiger partial charge in [-0.05, 0) is 73.5 Å². The molecule has 5 rings (SSSR count). The molecule has 2 saturated carbocycles. The maximum absolute atomic E-state index is 14.2. The van der Waals surface area contributed by atoms with Gasteiger partial charge in [0.05, 0.1) is 31.8 Å². The monoisotopic (exact) mass is 634 g/mol. The number of hydrogen-bond acceptors (Lipinski definition) is 9. The lowest BCUT2D eigenvalue weighted by Gasteiger charge is -2.35. The van der Waals surface area contributed by atoms with E-state index in [0.717, 1.165) is 25.7 Å². The topological polar surface area (TPSA) is 129 Å². The molecule has 3 fully saturated rings. The average molecular weight is 635 g/mol. The first kappa shape index (κ1) is 33.2. The second kappa shape index (κ2) is 13.7. The number of allylic oxidation sites excluding steroid dienone is 1. The zero-order valence-electron chi connectivity index (χ0n) is 27.5. The van der Waals surface area contributed by atoms with E-state index in [9.17, 15) is 14.4 Å². The molecule has 1 N–H and O–H groups in total. The van der Waals surface area contributed by atoms with Crippen molar-refractivity contribution < 1.29 is 33.3 Å². The summed E-state index contributed by atoms with van der Waals surface area (Å²) in [6.07, 6.45) is 7.25. The highest BCUT2D eigenvalue weighted by atomic mass is 16.6. The number of alkyl carbamates (subject to hydrolysis) is 1. The van der Waals surface area contributed by atoms with Crippen LogP contribution in [0.25, 0.3) is 17.1 Å². The third kappa shape index (κ3) is 7.13. The first-order valence-corrected chi connectivity index (χ1v) is 16.1. The molecular weight excluding hydrogens is 588 g/mol. The van der Waals surface area contributed by atoms with Crippen molar-refractivity contribution in [2.45, 2.75) is 83.6 Å². The summed E-state index contributed by atoms with van der Waals surface area (Å²) >= 11 is 0. The molecule has 1 aromatic heterocycles. The van der Waals surface area contributed by atoms with Gasteiger partial charge in [0.2, 0.25) is 11.8 Å². The van der Waals surface area contributed by atoms with Gasteiger partial charge in [-0.25, -0.2) is 19.6 Å². The molecule has 1 saturated heterocycles. The van der Waals surface area contributed by atoms with E-state index in [1.54, 1.807) is 31.4 Å². The maximum Gasteiger partial charge on any atom is 0.408 e. The summed E-state index contributed by atoms with van der Waals surface area (Å²) in [5.41, 5.74) is 0.952. The van der Waals surface area contributed by atoms with Gasteiger partial charge >= 0.3 is 12.1 Å². The summed E-state index contributed by atoms with van der Waals surface area (Å²) in [5.74, 6) is 1.42. The molecule has 1 aliphatic heterocycles. The van der Waals surface area contributed by atoms with Gasteiger partial charge in [-0.3, -0.25) is 4.79 Å². The molecule has 2 aromatic rings. The fraction of sp³-hybridized carbons (Fsp3) is 0.571. The lowest BCUT2D eigenvalue weighted by atomic mass is 9.85. The highest BCUT2D eigenvalue weighted by Gasteiger charge is 2.54. The number of likely N-dealkylation sites (tertiary alicyclic amines) is 1. The number of rotatable bonds is 12. The Hall–Kier alpha value is -4.15. The molecule has 248 valence electrons. The van der Waals surface area contributed by atoms with Crippen LogP contribution in [0.2, 0.25) is 0 Å². The predicted octanol–water partition coefficient (Wildman–Crippen LogP) is 5.32. The van der Waals surface area contributed by atoms with Gasteiger partial charge in [0.1, 0.15) is 35.7 Å². The number of amides is 2. The average Bonchev–Trinajstić information content (AvgIpc) is 3.53. The number of nitrogens with zero attached hydrogens (tertiary/aromatic N) is 3. The van der Waals surface area contributed by atoms with E-state index in [0.29, 0.717) is 40.2 Å². The van der Waals surface area contributed by atoms with Gasteiger partial charge in [0.25, 0.3) is 0 Å². The predicted molar refractivity (Wildman–Crippen MR) is 173 cm³/mol. The zero-order chi connectivity index (χ0) is 33.2. The Bertz CT molecular complexity index is 1490. The van der Waals surface area contributed by atoms with Crippen LogP contribution in [0.4, 0.5) is 4.79 Å². The van der Waals surface area contributed by atoms with E-state index in [1.807, 2.05) is 26.8 Å². The van der Waals surface area contributed by atoms with Crippen LogP contribution in [0.3, 0.4) is 0 Å². The third-order valence-corrected chi connectivity index (χ3v) is 9.47. The molecule has 46 heavy (non-hydrogen) atoms. The van der Waals surface area contributed by atoms with Crippen molar-refractivity contribution in [3.05, 3.63) is 43.1 Å². The van der Waals surface area contributed by atoms with Crippen LogP contribution < -0.4 is 14.8 Å². The summed E-state index contributed by atoms with van der Waals surface area (Å²) in [6.45, 7) is 13.3. The van der Waals surface area contributed by atoms with Crippen molar-refractivity contribution in [2.24, 2.45) is 23.2 Å². The number of carbonyl (C=O) groups is 3. The number of aromatic nitrogens is 2. The summed E-state index contributed by atoms with van der Waals surface area (Å²) in [7, 11) is 2.85. The fourth-order valence-electron chi connectivity index (χ4n) is 6.97. The summed E-state index contributed by atoms with van der Waals surface area (Å²) in [5, 5.41) is 2.86. The van der Waals surface area contributed by atoms with Crippen LogP contribution in [0, 0.1) is 23.2 Å². The van der Waals surface area contributed by atoms with Crippen LogP contribution in [0.1, 0.15) is 65.0 Å². The number of nitrogens with one attached hydrogen (secondary N) is 1. The van der Waals surface area contributed by atoms with Crippen molar-refractivity contribution in [1.82, 2.24) is 20.2 Å². The van der Waals surface area contributed by atoms with Gasteiger partial charge in [0, 0.05) is 12.5 Å². The molecule has 3 aliphatic rings. The van der Waals surface area contributed by atoms with Crippen LogP contribution >= 0.6 is 0 Å². The number of unbranched alkanes of at least 4 members (excludes halogenated alkanes) is 1. The molecule has 2 amide bonds. The molecule has 1 aromatic carbocycles. The van der Waals surface area contributed by atoms with Crippen LogP contribution in [0.5, 0.6) is 11.6 Å². The van der Waals surface area contributed by atoms with Crippen LogP contribution in [0.15, 0.2) is 37.4 Å². The van der Waals surface area contributed by atoms with E-state index < -0.39 is 41.6 Å². The standard InChI is InChI=1S/C35H46N4O7/c1-8-10-11-12-23-24-15-20(24)16-29(23)46-34(42)38-30(35(3,4)5)32(40)39-19-22(18-28(39)33(41)44-7)45-31-25(9-2)36-26-14-13-21(43-6)17-27(26)37-31/h8-9,13-14,17,20,22-24,28-30H,1-2,10-12,15-16,18-19H2,3-7H3,(H,38,42)/t20?,22-,23-,24+,28+,29-,30-/m1/s1. The Kier molecular flexibility index (Phi) is 9.88. The number of esters is 1. The second-order valence-electron chi connectivity index (χ2n) is 13.6. The molecule has 11 nitrogen and oxygen atoms in total. The third-order valence-electron chi connectivity index (χ3n) is 9.47. The number of methoxy groups -OCH3 is 2. The number of ether oxygens (including phenoxy) is 4. The molecule has 0 bridgehead atoms. The fourth-order valence-corrected chi connectivity index (χ4v) is 6.97. The van der Waals surface area contributed by atoms with Crippen molar-refractivity contribution >= 4 is 35.1 Å². The number of hydrogen-bond donors (Lipinski definition) is 1. The lowest BCUT2D eigenvalue weighted by Crippen LogP contribution is -2.57. The van der Waals surface area contributed by atoms with Gasteiger partial charge in [-0.1, -0.05) is 33.4 Å². The Morgan fingerprint density at radius 1 is 1.11 bits per heavy atom. The molecule has 0 spiro atoms. The van der Waals surface area contributed by atoms with Crippen molar-refractivity contribution in [3.63, 3.8) is 0 Å². The molecular formula is C35H46N4O7. The largest absolute Gasteiger partial charge is 0.497 e. The number of benzene rings is 1. The van der Waals surface area contributed by atoms with Crippen molar-refractivity contribution in [2.75, 3.05) is 20.8 Å². The Labute approximate surface area is 270 Å². The minimum absolute atomic E-state index is 0.0771. The molecule has 7 atom stereocenters. The molecule has 11 heteroatoms. The highest BCUT2D eigenvalue weighted by Crippen LogP contribution is 2.57. The molecule has 2 heterocycles. The van der Waals surface area contributed by atoms with Crippen LogP contribution in [-0.4, -0.2) is 77.9 Å². The van der Waals surface area contributed by atoms with Crippen molar-refractivity contribution in [3.8, 4) is 11.6 Å². The van der Waals surface area contributed by atoms with Gasteiger partial charge in [-0.2, -0.15) is 0 Å². The Balaban J connectivity index is 1.31. The molecule has 2 aliphatic carbocycles. The Morgan fingerprint density at radius 3 is 2.57 bits per heavy atom. The maximum atomic E-state index is 14.2. The SMILES string of the molecule is C=CCCC[C@H]1[C@H](OC(=O)N[C@H](C(=O)N2C[C@H](Oc3nc4cc(OC)ccc4nc3C=C)C[C@H]2C(=O)OC)C(C)(C)C)CC2C[C@@H]21. The smallest absolute Gasteiger partial charge is 0.408 e. The minimum atomic E-state index is -0.960. The normalized spacial score (nSPS) is 25.7. The second-order valence-corrected chi connectivity index (χ2v) is 13.6. The summed E-state index contributed by atoms with van der Waals surface area (Å²) in [4.78, 5) is 51.1. The van der Waals surface area contributed by atoms with E-state index in [-0.39, 0.29) is 24.9 Å². The van der Waals surface area contributed by atoms with E-state index in [4.69, 9.17) is 18.9 Å². The molecule has 1 unspecified atom stereocenters. The lowest BCUT2D eigenvalue weighted by molar-refractivity contribution is -0.152. The van der Waals surface area contributed by atoms with Gasteiger partial charge in [-0.15, -0.1) is 6.58 Å². The van der Waals surface area contributed by atoms with Crippen LogP contribution in [-0.2, 0) is 19.1 Å². The Morgan fingerprint density at radius 2 is 1.89 bits per heavy atom. The summed E-state index contributed by atoms with van der Waals surface area (Å²) < 4.78 is 22.7. The summed E-state index contributed by atoms with van der Waals surface area (Å²) in [6, 6.07) is 3.46. The quantitative estimate of drug-likeness (QED) is 0.187. The van der Waals surface area contributed by atoms with Gasteiger partial charge < -0.3 is 29.2 Å². The van der Waals surface area contributed by atoms with Crippen molar-refractivity contribution in [1.29, 1.82) is 0 Å². The first-order valence-electron chi connectivity index (χ1n) is 16.1.